The monoisotopic (exact) mass is 489 g/mol. The Bertz CT molecular complexity index is 1280. The minimum atomic E-state index is -0.381. The Hall–Kier alpha value is -3.56. The molecule has 0 saturated carbocycles. The average Bonchev–Trinajstić information content (AvgIpc) is 3.22. The first kappa shape index (κ1) is 24.1. The number of fused-ring (bicyclic) bond motifs is 3. The molecule has 9 heteroatoms. The SMILES string of the molecule is CC(C)=CCn1nc(C(=O)N[C@H]2C[C@H]3COC[C@@H](C2)N3Cc2ccc([N+](=O)[O-])cc2)c2ccccc21. The van der Waals surface area contributed by atoms with Gasteiger partial charge in [0.15, 0.2) is 5.69 Å². The van der Waals surface area contributed by atoms with E-state index in [-0.39, 0.29) is 34.6 Å². The largest absolute Gasteiger partial charge is 0.378 e. The van der Waals surface area contributed by atoms with Gasteiger partial charge in [0, 0.05) is 42.2 Å². The van der Waals surface area contributed by atoms with Gasteiger partial charge in [-0.05, 0) is 38.3 Å². The van der Waals surface area contributed by atoms with Crippen molar-refractivity contribution in [2.24, 2.45) is 0 Å². The van der Waals surface area contributed by atoms with Crippen molar-refractivity contribution in [3.05, 3.63) is 81.6 Å². The van der Waals surface area contributed by atoms with Gasteiger partial charge in [0.1, 0.15) is 0 Å². The molecule has 1 N–H and O–H groups in total. The molecule has 3 atom stereocenters. The van der Waals surface area contributed by atoms with Gasteiger partial charge >= 0.3 is 0 Å². The fourth-order valence-electron chi connectivity index (χ4n) is 5.26. The second-order valence-corrected chi connectivity index (χ2v) is 9.91. The summed E-state index contributed by atoms with van der Waals surface area (Å²) >= 11 is 0. The summed E-state index contributed by atoms with van der Waals surface area (Å²) in [6.45, 7) is 6.64. The number of ether oxygens (including phenoxy) is 1. The Labute approximate surface area is 209 Å². The van der Waals surface area contributed by atoms with Crippen molar-refractivity contribution in [3.8, 4) is 0 Å². The maximum absolute atomic E-state index is 13.4. The molecule has 2 fully saturated rings. The number of carbonyl (C=O) groups excluding carboxylic acids is 1. The third-order valence-electron chi connectivity index (χ3n) is 7.06. The zero-order valence-corrected chi connectivity index (χ0v) is 20.6. The highest BCUT2D eigenvalue weighted by atomic mass is 16.6. The van der Waals surface area contributed by atoms with Crippen LogP contribution >= 0.6 is 0 Å². The van der Waals surface area contributed by atoms with E-state index in [0.29, 0.717) is 32.0 Å². The number of morpholine rings is 1. The molecule has 2 saturated heterocycles. The molecule has 2 aliphatic heterocycles. The molecule has 0 aliphatic carbocycles. The molecule has 1 aromatic heterocycles. The summed E-state index contributed by atoms with van der Waals surface area (Å²) in [6, 6.07) is 15.0. The second-order valence-electron chi connectivity index (χ2n) is 9.91. The lowest BCUT2D eigenvalue weighted by molar-refractivity contribution is -0.384. The summed E-state index contributed by atoms with van der Waals surface area (Å²) in [4.78, 5) is 26.3. The standard InChI is InChI=1S/C27H31N5O4/c1-18(2)11-12-31-25-6-4-3-5-24(25)26(29-31)27(33)28-20-13-22-16-36-17-23(14-20)30(22)15-19-7-9-21(10-8-19)32(34)35/h3-11,20,22-23H,12-17H2,1-2H3,(H,28,33)/t20-,22-,23+. The number of para-hydroxylation sites is 1. The lowest BCUT2D eigenvalue weighted by Gasteiger charge is -2.48. The van der Waals surface area contributed by atoms with Crippen LogP contribution in [0.2, 0.25) is 0 Å². The lowest BCUT2D eigenvalue weighted by atomic mass is 9.89. The molecule has 0 radical (unpaired) electrons. The highest BCUT2D eigenvalue weighted by molar-refractivity contribution is 6.05. The summed E-state index contributed by atoms with van der Waals surface area (Å²) in [5.74, 6) is -0.144. The van der Waals surface area contributed by atoms with E-state index in [2.05, 4.69) is 21.4 Å². The fraction of sp³-hybridized carbons (Fsp3) is 0.407. The van der Waals surface area contributed by atoms with E-state index in [1.54, 1.807) is 12.1 Å². The fourth-order valence-corrected chi connectivity index (χ4v) is 5.26. The number of piperidine rings is 1. The molecule has 9 nitrogen and oxygen atoms in total. The van der Waals surface area contributed by atoms with Crippen molar-refractivity contribution < 1.29 is 14.5 Å². The molecular formula is C27H31N5O4. The highest BCUT2D eigenvalue weighted by Gasteiger charge is 2.39. The Kier molecular flexibility index (Phi) is 6.84. The number of non-ortho nitro benzene ring substituents is 1. The number of hydrogen-bond donors (Lipinski definition) is 1. The van der Waals surface area contributed by atoms with E-state index < -0.39 is 0 Å². The highest BCUT2D eigenvalue weighted by Crippen LogP contribution is 2.30. The molecule has 3 heterocycles. The Morgan fingerprint density at radius 1 is 1.14 bits per heavy atom. The van der Waals surface area contributed by atoms with Crippen LogP contribution in [0.5, 0.6) is 0 Å². The predicted octanol–water partition coefficient (Wildman–Crippen LogP) is 4.07. The van der Waals surface area contributed by atoms with Crippen LogP contribution in [0.4, 0.5) is 5.69 Å². The molecule has 1 amide bonds. The first-order valence-electron chi connectivity index (χ1n) is 12.4. The molecule has 0 unspecified atom stereocenters. The number of amides is 1. The summed E-state index contributed by atoms with van der Waals surface area (Å²) in [6.07, 6.45) is 3.67. The molecule has 188 valence electrons. The number of hydrogen-bond acceptors (Lipinski definition) is 6. The topological polar surface area (TPSA) is 103 Å². The molecule has 2 bridgehead atoms. The predicted molar refractivity (Wildman–Crippen MR) is 137 cm³/mol. The van der Waals surface area contributed by atoms with Gasteiger partial charge in [-0.15, -0.1) is 0 Å². The van der Waals surface area contributed by atoms with Crippen molar-refractivity contribution in [2.45, 2.75) is 57.9 Å². The van der Waals surface area contributed by atoms with E-state index in [0.717, 1.165) is 29.3 Å². The van der Waals surface area contributed by atoms with Crippen molar-refractivity contribution in [1.29, 1.82) is 0 Å². The minimum absolute atomic E-state index is 0.0335. The van der Waals surface area contributed by atoms with E-state index in [9.17, 15) is 14.9 Å². The number of nitro groups is 1. The van der Waals surface area contributed by atoms with Crippen LogP contribution in [0.15, 0.2) is 60.2 Å². The van der Waals surface area contributed by atoms with Crippen molar-refractivity contribution in [3.63, 3.8) is 0 Å². The number of benzene rings is 2. The van der Waals surface area contributed by atoms with E-state index >= 15 is 0 Å². The van der Waals surface area contributed by atoms with E-state index in [1.807, 2.05) is 54.9 Å². The molecule has 2 aromatic carbocycles. The van der Waals surface area contributed by atoms with Gasteiger partial charge in [-0.25, -0.2) is 0 Å². The van der Waals surface area contributed by atoms with Crippen molar-refractivity contribution in [2.75, 3.05) is 13.2 Å². The van der Waals surface area contributed by atoms with Gasteiger partial charge in [-0.1, -0.05) is 42.0 Å². The molecule has 36 heavy (non-hydrogen) atoms. The van der Waals surface area contributed by atoms with Crippen LogP contribution in [0.25, 0.3) is 10.9 Å². The first-order chi connectivity index (χ1) is 17.4. The quantitative estimate of drug-likeness (QED) is 0.305. The summed E-state index contributed by atoms with van der Waals surface area (Å²) in [5.41, 5.74) is 3.74. The number of allylic oxidation sites excluding steroid dienone is 2. The smallest absolute Gasteiger partial charge is 0.272 e. The number of aromatic nitrogens is 2. The van der Waals surface area contributed by atoms with Gasteiger partial charge in [-0.3, -0.25) is 24.5 Å². The van der Waals surface area contributed by atoms with Gasteiger partial charge in [0.2, 0.25) is 0 Å². The van der Waals surface area contributed by atoms with Crippen LogP contribution in [0.1, 0.15) is 42.7 Å². The molecular weight excluding hydrogens is 458 g/mol. The third-order valence-corrected chi connectivity index (χ3v) is 7.06. The van der Waals surface area contributed by atoms with Crippen LogP contribution < -0.4 is 5.32 Å². The Morgan fingerprint density at radius 2 is 1.83 bits per heavy atom. The Balaban J connectivity index is 1.28. The van der Waals surface area contributed by atoms with Gasteiger partial charge in [-0.2, -0.15) is 5.10 Å². The third kappa shape index (κ3) is 5.03. The first-order valence-corrected chi connectivity index (χ1v) is 12.4. The number of rotatable bonds is 7. The van der Waals surface area contributed by atoms with Gasteiger partial charge < -0.3 is 10.1 Å². The molecule has 2 aliphatic rings. The number of carbonyl (C=O) groups is 1. The lowest BCUT2D eigenvalue weighted by Crippen LogP contribution is -2.60. The molecule has 5 rings (SSSR count). The number of nitro benzene ring substituents is 1. The summed E-state index contributed by atoms with van der Waals surface area (Å²) < 4.78 is 7.72. The average molecular weight is 490 g/mol. The van der Waals surface area contributed by atoms with E-state index in [1.165, 1.54) is 5.57 Å². The van der Waals surface area contributed by atoms with Crippen LogP contribution in [0, 0.1) is 10.1 Å². The summed E-state index contributed by atoms with van der Waals surface area (Å²) in [5, 5.41) is 19.7. The van der Waals surface area contributed by atoms with Crippen molar-refractivity contribution >= 4 is 22.5 Å². The minimum Gasteiger partial charge on any atom is -0.378 e. The molecule has 0 spiro atoms. The normalized spacial score (nSPS) is 21.8. The zero-order valence-electron chi connectivity index (χ0n) is 20.6. The van der Waals surface area contributed by atoms with Gasteiger partial charge in [0.05, 0.1) is 30.2 Å². The maximum atomic E-state index is 13.4. The van der Waals surface area contributed by atoms with Gasteiger partial charge in [0.25, 0.3) is 11.6 Å². The maximum Gasteiger partial charge on any atom is 0.272 e. The van der Waals surface area contributed by atoms with E-state index in [4.69, 9.17) is 4.74 Å². The van der Waals surface area contributed by atoms with Crippen LogP contribution in [0.3, 0.4) is 0 Å². The molecule has 3 aromatic rings. The second kappa shape index (κ2) is 10.2. The summed E-state index contributed by atoms with van der Waals surface area (Å²) in [7, 11) is 0. The number of nitrogens with zero attached hydrogens (tertiary/aromatic N) is 4. The van der Waals surface area contributed by atoms with Crippen LogP contribution in [-0.4, -0.2) is 56.9 Å². The zero-order chi connectivity index (χ0) is 25.2. The van der Waals surface area contributed by atoms with Crippen molar-refractivity contribution in [1.82, 2.24) is 20.0 Å². The Morgan fingerprint density at radius 3 is 2.50 bits per heavy atom. The van der Waals surface area contributed by atoms with Crippen LogP contribution in [-0.2, 0) is 17.8 Å². The number of nitrogens with one attached hydrogen (secondary N) is 1.